The molecule has 1 N–H and O–H groups in total. The van der Waals surface area contributed by atoms with Crippen LogP contribution < -0.4 is 5.32 Å². The molecule has 3 rings (SSSR count). The summed E-state index contributed by atoms with van der Waals surface area (Å²) in [6, 6.07) is 11.4. The maximum atomic E-state index is 5.98. The summed E-state index contributed by atoms with van der Waals surface area (Å²) in [6.07, 6.45) is 8.10. The van der Waals surface area contributed by atoms with Crippen LogP contribution >= 0.6 is 0 Å². The first kappa shape index (κ1) is 14.6. The molecule has 2 nitrogen and oxygen atoms in total. The molecule has 1 heterocycles. The molecular formula is C19H27NO. The molecule has 21 heavy (non-hydrogen) atoms. The molecule has 1 aromatic heterocycles. The maximum Gasteiger partial charge on any atom is 0.134 e. The molecule has 0 radical (unpaired) electrons. The van der Waals surface area contributed by atoms with Crippen LogP contribution in [0.3, 0.4) is 0 Å². The van der Waals surface area contributed by atoms with Crippen molar-refractivity contribution in [3.63, 3.8) is 0 Å². The van der Waals surface area contributed by atoms with E-state index in [1.807, 2.05) is 12.1 Å². The molecule has 1 aliphatic carbocycles. The third kappa shape index (κ3) is 3.49. The largest absolute Gasteiger partial charge is 0.459 e. The minimum Gasteiger partial charge on any atom is -0.459 e. The molecule has 2 aromatic rings. The van der Waals surface area contributed by atoms with Crippen molar-refractivity contribution in [2.24, 2.45) is 5.92 Å². The summed E-state index contributed by atoms with van der Waals surface area (Å²) in [5.74, 6) is 2.01. The summed E-state index contributed by atoms with van der Waals surface area (Å²) < 4.78 is 5.98. The first-order valence-electron chi connectivity index (χ1n) is 8.50. The van der Waals surface area contributed by atoms with Crippen molar-refractivity contribution in [1.82, 2.24) is 5.32 Å². The van der Waals surface area contributed by atoms with Crippen molar-refractivity contribution in [3.05, 3.63) is 36.1 Å². The molecule has 114 valence electrons. The fourth-order valence-electron chi connectivity index (χ4n) is 3.60. The predicted molar refractivity (Wildman–Crippen MR) is 88.4 cm³/mol. The van der Waals surface area contributed by atoms with E-state index in [0.717, 1.165) is 17.3 Å². The number of hydrogen-bond acceptors (Lipinski definition) is 2. The van der Waals surface area contributed by atoms with E-state index in [0.29, 0.717) is 12.1 Å². The average molecular weight is 285 g/mol. The number of nitrogens with one attached hydrogen (secondary N) is 1. The standard InChI is InChI=1S/C19H27NO/c1-3-15-7-6-9-17(12-11-15)20-14(2)19-13-16-8-4-5-10-18(16)21-19/h4-5,8,10,13-15,17,20H,3,6-7,9,11-12H2,1-2H3. The number of para-hydroxylation sites is 1. The molecule has 0 amide bonds. The van der Waals surface area contributed by atoms with Crippen molar-refractivity contribution < 1.29 is 4.42 Å². The van der Waals surface area contributed by atoms with Gasteiger partial charge in [-0.3, -0.25) is 0 Å². The van der Waals surface area contributed by atoms with Crippen LogP contribution in [-0.2, 0) is 0 Å². The summed E-state index contributed by atoms with van der Waals surface area (Å²) in [5.41, 5.74) is 0.994. The smallest absolute Gasteiger partial charge is 0.134 e. The molecule has 0 saturated heterocycles. The maximum absolute atomic E-state index is 5.98. The van der Waals surface area contributed by atoms with Crippen LogP contribution in [0.2, 0.25) is 0 Å². The first-order valence-corrected chi connectivity index (χ1v) is 8.50. The summed E-state index contributed by atoms with van der Waals surface area (Å²) in [6.45, 7) is 4.55. The van der Waals surface area contributed by atoms with Gasteiger partial charge in [-0.25, -0.2) is 0 Å². The molecule has 0 bridgehead atoms. The average Bonchev–Trinajstić information content (AvgIpc) is 2.81. The van der Waals surface area contributed by atoms with Gasteiger partial charge < -0.3 is 9.73 Å². The third-order valence-corrected chi connectivity index (χ3v) is 5.02. The van der Waals surface area contributed by atoms with E-state index in [9.17, 15) is 0 Å². The third-order valence-electron chi connectivity index (χ3n) is 5.02. The topological polar surface area (TPSA) is 25.2 Å². The van der Waals surface area contributed by atoms with E-state index in [1.54, 1.807) is 0 Å². The van der Waals surface area contributed by atoms with E-state index >= 15 is 0 Å². The Balaban J connectivity index is 1.64. The van der Waals surface area contributed by atoms with Crippen molar-refractivity contribution in [3.8, 4) is 0 Å². The number of furan rings is 1. The van der Waals surface area contributed by atoms with Crippen LogP contribution in [0.1, 0.15) is 64.2 Å². The zero-order chi connectivity index (χ0) is 14.7. The highest BCUT2D eigenvalue weighted by atomic mass is 16.3. The minimum absolute atomic E-state index is 0.292. The van der Waals surface area contributed by atoms with Gasteiger partial charge in [0.25, 0.3) is 0 Å². The van der Waals surface area contributed by atoms with Crippen LogP contribution in [-0.4, -0.2) is 6.04 Å². The van der Waals surface area contributed by atoms with E-state index in [4.69, 9.17) is 4.42 Å². The SMILES string of the molecule is CCC1CCCC(NC(C)c2cc3ccccc3o2)CC1. The number of hydrogen-bond donors (Lipinski definition) is 1. The summed E-state index contributed by atoms with van der Waals surface area (Å²) in [7, 11) is 0. The van der Waals surface area contributed by atoms with Gasteiger partial charge in [0, 0.05) is 11.4 Å². The number of rotatable bonds is 4. The Morgan fingerprint density at radius 2 is 2.05 bits per heavy atom. The summed E-state index contributed by atoms with van der Waals surface area (Å²) in [5, 5.41) is 4.99. The first-order chi connectivity index (χ1) is 10.3. The van der Waals surface area contributed by atoms with Crippen molar-refractivity contribution >= 4 is 11.0 Å². The second kappa shape index (κ2) is 6.65. The van der Waals surface area contributed by atoms with Gasteiger partial charge in [0.1, 0.15) is 11.3 Å². The highest BCUT2D eigenvalue weighted by Gasteiger charge is 2.20. The lowest BCUT2D eigenvalue weighted by molar-refractivity contribution is 0.368. The van der Waals surface area contributed by atoms with Crippen LogP contribution in [0.4, 0.5) is 0 Å². The van der Waals surface area contributed by atoms with E-state index < -0.39 is 0 Å². The van der Waals surface area contributed by atoms with Gasteiger partial charge in [0.05, 0.1) is 6.04 Å². The van der Waals surface area contributed by atoms with Gasteiger partial charge in [0.2, 0.25) is 0 Å². The van der Waals surface area contributed by atoms with Gasteiger partial charge in [-0.2, -0.15) is 0 Å². The number of fused-ring (bicyclic) bond motifs is 1. The lowest BCUT2D eigenvalue weighted by Gasteiger charge is -2.20. The molecule has 1 aromatic carbocycles. The van der Waals surface area contributed by atoms with Crippen LogP contribution in [0, 0.1) is 5.92 Å². The Bertz CT molecular complexity index is 541. The second-order valence-corrected chi connectivity index (χ2v) is 6.55. The minimum atomic E-state index is 0.292. The van der Waals surface area contributed by atoms with Crippen LogP contribution in [0.15, 0.2) is 34.7 Å². The van der Waals surface area contributed by atoms with Gasteiger partial charge in [-0.05, 0) is 44.2 Å². The van der Waals surface area contributed by atoms with Crippen LogP contribution in [0.5, 0.6) is 0 Å². The van der Waals surface area contributed by atoms with Gasteiger partial charge in [-0.1, -0.05) is 44.4 Å². The highest BCUT2D eigenvalue weighted by Crippen LogP contribution is 2.28. The molecule has 0 spiro atoms. The Labute approximate surface area is 127 Å². The molecule has 3 unspecified atom stereocenters. The van der Waals surface area contributed by atoms with E-state index in [1.165, 1.54) is 43.9 Å². The molecule has 1 aliphatic rings. The second-order valence-electron chi connectivity index (χ2n) is 6.55. The molecule has 1 fully saturated rings. The van der Waals surface area contributed by atoms with Crippen LogP contribution in [0.25, 0.3) is 11.0 Å². The molecule has 2 heteroatoms. The zero-order valence-electron chi connectivity index (χ0n) is 13.3. The lowest BCUT2D eigenvalue weighted by Crippen LogP contribution is -2.30. The predicted octanol–water partition coefficient (Wildman–Crippen LogP) is 5.44. The van der Waals surface area contributed by atoms with Gasteiger partial charge in [-0.15, -0.1) is 0 Å². The Hall–Kier alpha value is -1.28. The summed E-state index contributed by atoms with van der Waals surface area (Å²) in [4.78, 5) is 0. The molecule has 1 saturated carbocycles. The summed E-state index contributed by atoms with van der Waals surface area (Å²) >= 11 is 0. The molecular weight excluding hydrogens is 258 g/mol. The monoisotopic (exact) mass is 285 g/mol. The highest BCUT2D eigenvalue weighted by molar-refractivity contribution is 5.77. The van der Waals surface area contributed by atoms with Crippen molar-refractivity contribution in [1.29, 1.82) is 0 Å². The van der Waals surface area contributed by atoms with E-state index in [-0.39, 0.29) is 0 Å². The van der Waals surface area contributed by atoms with E-state index in [2.05, 4.69) is 37.4 Å². The normalized spacial score (nSPS) is 24.9. The number of benzene rings is 1. The van der Waals surface area contributed by atoms with Crippen molar-refractivity contribution in [2.45, 2.75) is 64.5 Å². The Morgan fingerprint density at radius 1 is 1.19 bits per heavy atom. The zero-order valence-corrected chi connectivity index (χ0v) is 13.3. The van der Waals surface area contributed by atoms with Gasteiger partial charge >= 0.3 is 0 Å². The lowest BCUT2D eigenvalue weighted by atomic mass is 9.97. The molecule has 0 aliphatic heterocycles. The fourth-order valence-corrected chi connectivity index (χ4v) is 3.60. The Kier molecular flexibility index (Phi) is 4.64. The molecule has 3 atom stereocenters. The Morgan fingerprint density at radius 3 is 2.86 bits per heavy atom. The van der Waals surface area contributed by atoms with Crippen molar-refractivity contribution in [2.75, 3.05) is 0 Å². The fraction of sp³-hybridized carbons (Fsp3) is 0.579. The quantitative estimate of drug-likeness (QED) is 0.756. The van der Waals surface area contributed by atoms with Gasteiger partial charge in [0.15, 0.2) is 0 Å².